The molecule has 0 bridgehead atoms. The summed E-state index contributed by atoms with van der Waals surface area (Å²) in [6, 6.07) is 1.24. The highest BCUT2D eigenvalue weighted by Gasteiger charge is 2.16. The fraction of sp³-hybridized carbons (Fsp3) is 0.769. The van der Waals surface area contributed by atoms with Crippen LogP contribution in [0.4, 0.5) is 6.01 Å². The van der Waals surface area contributed by atoms with Gasteiger partial charge < -0.3 is 19.5 Å². The van der Waals surface area contributed by atoms with Gasteiger partial charge in [0.1, 0.15) is 6.26 Å². The Morgan fingerprint density at radius 1 is 1.33 bits per heavy atom. The molecule has 0 spiro atoms. The molecule has 1 fully saturated rings. The van der Waals surface area contributed by atoms with Crippen LogP contribution in [0.25, 0.3) is 0 Å². The van der Waals surface area contributed by atoms with Crippen LogP contribution in [0.5, 0.6) is 0 Å². The van der Waals surface area contributed by atoms with Crippen molar-refractivity contribution in [1.82, 2.24) is 15.2 Å². The summed E-state index contributed by atoms with van der Waals surface area (Å²) in [6.45, 7) is 9.28. The maximum absolute atomic E-state index is 5.58. The molecule has 0 radical (unpaired) electrons. The zero-order valence-corrected chi connectivity index (χ0v) is 11.6. The number of aromatic nitrogens is 1. The van der Waals surface area contributed by atoms with E-state index in [1.807, 2.05) is 0 Å². The van der Waals surface area contributed by atoms with Gasteiger partial charge in [-0.1, -0.05) is 13.8 Å². The van der Waals surface area contributed by atoms with Crippen molar-refractivity contribution >= 4 is 6.01 Å². The molecule has 0 amide bonds. The molecule has 2 heterocycles. The lowest BCUT2D eigenvalue weighted by Crippen LogP contribution is -2.29. The molecule has 0 unspecified atom stereocenters. The van der Waals surface area contributed by atoms with Crippen LogP contribution in [0.1, 0.15) is 26.0 Å². The number of likely N-dealkylation sites (N-methyl/N-ethyl adjacent to an activating group) is 1. The van der Waals surface area contributed by atoms with Gasteiger partial charge in [0.05, 0.1) is 5.69 Å². The van der Waals surface area contributed by atoms with Gasteiger partial charge >= 0.3 is 0 Å². The first kappa shape index (κ1) is 13.4. The lowest BCUT2D eigenvalue weighted by atomic mass is 10.4. The maximum Gasteiger partial charge on any atom is 0.297 e. The van der Waals surface area contributed by atoms with Crippen molar-refractivity contribution in [2.24, 2.45) is 0 Å². The summed E-state index contributed by atoms with van der Waals surface area (Å²) in [4.78, 5) is 9.14. The lowest BCUT2D eigenvalue weighted by Gasteiger charge is -2.17. The Balaban J connectivity index is 1.92. The molecular weight excluding hydrogens is 228 g/mol. The molecule has 1 aromatic rings. The average molecular weight is 252 g/mol. The summed E-state index contributed by atoms with van der Waals surface area (Å²) in [5.74, 6) is 0. The molecule has 2 rings (SSSR count). The predicted octanol–water partition coefficient (Wildman–Crippen LogP) is 1.31. The molecule has 1 aliphatic rings. The SMILES string of the molecule is CC(C)NCc1coc(N2CCCN(C)CC2)n1. The van der Waals surface area contributed by atoms with Crippen molar-refractivity contribution in [3.8, 4) is 0 Å². The van der Waals surface area contributed by atoms with Gasteiger partial charge in [0, 0.05) is 32.2 Å². The smallest absolute Gasteiger partial charge is 0.297 e. The van der Waals surface area contributed by atoms with Gasteiger partial charge in [0.25, 0.3) is 6.01 Å². The third-order valence-electron chi connectivity index (χ3n) is 3.22. The van der Waals surface area contributed by atoms with Crippen LogP contribution < -0.4 is 10.2 Å². The highest BCUT2D eigenvalue weighted by molar-refractivity contribution is 5.27. The second kappa shape index (κ2) is 6.20. The summed E-state index contributed by atoms with van der Waals surface area (Å²) in [5, 5.41) is 3.35. The van der Waals surface area contributed by atoms with Crippen molar-refractivity contribution in [3.63, 3.8) is 0 Å². The Morgan fingerprint density at radius 3 is 2.94 bits per heavy atom. The number of oxazole rings is 1. The van der Waals surface area contributed by atoms with E-state index in [-0.39, 0.29) is 0 Å². The maximum atomic E-state index is 5.58. The summed E-state index contributed by atoms with van der Waals surface area (Å²) >= 11 is 0. The molecule has 102 valence electrons. The number of nitrogens with one attached hydrogen (secondary N) is 1. The highest BCUT2D eigenvalue weighted by Crippen LogP contribution is 2.15. The monoisotopic (exact) mass is 252 g/mol. The number of hydrogen-bond donors (Lipinski definition) is 1. The topological polar surface area (TPSA) is 44.5 Å². The molecule has 5 nitrogen and oxygen atoms in total. The van der Waals surface area contributed by atoms with Crippen LogP contribution in [0.15, 0.2) is 10.7 Å². The van der Waals surface area contributed by atoms with E-state index >= 15 is 0 Å². The van der Waals surface area contributed by atoms with Gasteiger partial charge in [-0.15, -0.1) is 0 Å². The lowest BCUT2D eigenvalue weighted by molar-refractivity contribution is 0.359. The van der Waals surface area contributed by atoms with E-state index in [1.165, 1.54) is 6.42 Å². The molecular formula is C13H24N4O. The van der Waals surface area contributed by atoms with Gasteiger partial charge in [-0.2, -0.15) is 4.98 Å². The largest absolute Gasteiger partial charge is 0.432 e. The Hall–Kier alpha value is -1.07. The van der Waals surface area contributed by atoms with Gasteiger partial charge in [0.2, 0.25) is 0 Å². The normalized spacial score (nSPS) is 18.3. The molecule has 18 heavy (non-hydrogen) atoms. The van der Waals surface area contributed by atoms with E-state index in [1.54, 1.807) is 6.26 Å². The van der Waals surface area contributed by atoms with E-state index in [0.717, 1.165) is 44.4 Å². The van der Waals surface area contributed by atoms with Crippen LogP contribution in [0.2, 0.25) is 0 Å². The summed E-state index contributed by atoms with van der Waals surface area (Å²) in [5.41, 5.74) is 0.983. The van der Waals surface area contributed by atoms with Crippen LogP contribution in [-0.4, -0.2) is 49.2 Å². The van der Waals surface area contributed by atoms with E-state index in [9.17, 15) is 0 Å². The molecule has 1 saturated heterocycles. The molecule has 0 saturated carbocycles. The fourth-order valence-electron chi connectivity index (χ4n) is 2.07. The van der Waals surface area contributed by atoms with Crippen molar-refractivity contribution in [2.75, 3.05) is 38.1 Å². The second-order valence-electron chi connectivity index (χ2n) is 5.30. The number of nitrogens with zero attached hydrogens (tertiary/aromatic N) is 3. The van der Waals surface area contributed by atoms with Crippen molar-refractivity contribution in [3.05, 3.63) is 12.0 Å². The third kappa shape index (κ3) is 3.71. The van der Waals surface area contributed by atoms with Crippen molar-refractivity contribution in [2.45, 2.75) is 32.9 Å². The zero-order chi connectivity index (χ0) is 13.0. The van der Waals surface area contributed by atoms with E-state index in [4.69, 9.17) is 4.42 Å². The zero-order valence-electron chi connectivity index (χ0n) is 11.6. The molecule has 0 atom stereocenters. The standard InChI is InChI=1S/C13H24N4O/c1-11(2)14-9-12-10-18-13(15-12)17-6-4-5-16(3)7-8-17/h10-11,14H,4-9H2,1-3H3. The van der Waals surface area contributed by atoms with Crippen LogP contribution >= 0.6 is 0 Å². The number of anilines is 1. The van der Waals surface area contributed by atoms with Gasteiger partial charge in [-0.05, 0) is 20.0 Å². The average Bonchev–Trinajstić information content (AvgIpc) is 2.69. The molecule has 1 aliphatic heterocycles. The third-order valence-corrected chi connectivity index (χ3v) is 3.22. The molecule has 0 aliphatic carbocycles. The first-order valence-corrected chi connectivity index (χ1v) is 6.76. The highest BCUT2D eigenvalue weighted by atomic mass is 16.4. The van der Waals surface area contributed by atoms with Gasteiger partial charge in [-0.25, -0.2) is 0 Å². The minimum absolute atomic E-state index is 0.469. The minimum Gasteiger partial charge on any atom is -0.432 e. The second-order valence-corrected chi connectivity index (χ2v) is 5.30. The molecule has 1 N–H and O–H groups in total. The quantitative estimate of drug-likeness (QED) is 0.875. The molecule has 5 heteroatoms. The Labute approximate surface area is 109 Å². The minimum atomic E-state index is 0.469. The van der Waals surface area contributed by atoms with Crippen LogP contribution in [-0.2, 0) is 6.54 Å². The summed E-state index contributed by atoms with van der Waals surface area (Å²) in [7, 11) is 2.16. The van der Waals surface area contributed by atoms with Crippen molar-refractivity contribution in [1.29, 1.82) is 0 Å². The summed E-state index contributed by atoms with van der Waals surface area (Å²) in [6.07, 6.45) is 2.93. The Kier molecular flexibility index (Phi) is 4.60. The van der Waals surface area contributed by atoms with Gasteiger partial charge in [0.15, 0.2) is 0 Å². The van der Waals surface area contributed by atoms with E-state index < -0.39 is 0 Å². The van der Waals surface area contributed by atoms with Gasteiger partial charge in [-0.3, -0.25) is 0 Å². The molecule has 1 aromatic heterocycles. The Morgan fingerprint density at radius 2 is 2.17 bits per heavy atom. The summed E-state index contributed by atoms with van der Waals surface area (Å²) < 4.78 is 5.58. The first-order valence-electron chi connectivity index (χ1n) is 6.76. The van der Waals surface area contributed by atoms with E-state index in [2.05, 4.69) is 41.0 Å². The predicted molar refractivity (Wildman–Crippen MR) is 72.8 cm³/mol. The Bertz CT molecular complexity index is 364. The first-order chi connectivity index (χ1) is 8.65. The molecule has 0 aromatic carbocycles. The number of rotatable bonds is 4. The number of hydrogen-bond acceptors (Lipinski definition) is 5. The van der Waals surface area contributed by atoms with E-state index in [0.29, 0.717) is 6.04 Å². The van der Waals surface area contributed by atoms with Crippen LogP contribution in [0, 0.1) is 0 Å². The van der Waals surface area contributed by atoms with Crippen molar-refractivity contribution < 1.29 is 4.42 Å². The van der Waals surface area contributed by atoms with Crippen LogP contribution in [0.3, 0.4) is 0 Å². The fourth-order valence-corrected chi connectivity index (χ4v) is 2.07.